The molecule has 0 amide bonds. The molecular weight excluding hydrogens is 280 g/mol. The molecule has 1 unspecified atom stereocenters. The predicted octanol–water partition coefficient (Wildman–Crippen LogP) is 2.70. The van der Waals surface area contributed by atoms with Gasteiger partial charge >= 0.3 is 0 Å². The van der Waals surface area contributed by atoms with E-state index in [2.05, 4.69) is 21.7 Å². The van der Waals surface area contributed by atoms with E-state index in [4.69, 9.17) is 0 Å². The highest BCUT2D eigenvalue weighted by molar-refractivity contribution is 7.16. The fraction of sp³-hybridized carbons (Fsp3) is 0.375. The fourth-order valence-corrected chi connectivity index (χ4v) is 4.04. The van der Waals surface area contributed by atoms with Crippen molar-refractivity contribution in [2.24, 2.45) is 0 Å². The third-order valence-electron chi connectivity index (χ3n) is 3.90. The molecule has 1 atom stereocenters. The Labute approximate surface area is 128 Å². The molecule has 1 aliphatic rings. The van der Waals surface area contributed by atoms with Crippen LogP contribution in [0.4, 0.5) is 5.00 Å². The minimum Gasteiger partial charge on any atom is -0.379 e. The number of nitrogens with zero attached hydrogens (tertiary/aromatic N) is 2. The quantitative estimate of drug-likeness (QED) is 0.911. The van der Waals surface area contributed by atoms with Crippen LogP contribution < -0.4 is 10.6 Å². The van der Waals surface area contributed by atoms with Gasteiger partial charge in [0.05, 0.1) is 11.3 Å². The Kier molecular flexibility index (Phi) is 4.18. The molecule has 108 valence electrons. The lowest BCUT2D eigenvalue weighted by atomic mass is 9.92. The lowest BCUT2D eigenvalue weighted by Crippen LogP contribution is -2.33. The number of hydrogen-bond donors (Lipinski definition) is 2. The number of hydrogen-bond acceptors (Lipinski definition) is 5. The van der Waals surface area contributed by atoms with Gasteiger partial charge in [-0.25, -0.2) is 0 Å². The maximum absolute atomic E-state index is 9.31. The third-order valence-corrected chi connectivity index (χ3v) is 5.17. The summed E-state index contributed by atoms with van der Waals surface area (Å²) in [4.78, 5) is 5.69. The topological polar surface area (TPSA) is 60.7 Å². The van der Waals surface area contributed by atoms with Gasteiger partial charge in [-0.05, 0) is 37.0 Å². The molecule has 0 radical (unpaired) electrons. The van der Waals surface area contributed by atoms with Crippen LogP contribution in [0.1, 0.15) is 28.1 Å². The van der Waals surface area contributed by atoms with Crippen molar-refractivity contribution in [1.29, 1.82) is 5.26 Å². The Morgan fingerprint density at radius 1 is 1.48 bits per heavy atom. The van der Waals surface area contributed by atoms with Gasteiger partial charge < -0.3 is 10.6 Å². The normalized spacial score (nSPS) is 17.0. The maximum Gasteiger partial charge on any atom is 0.107 e. The van der Waals surface area contributed by atoms with E-state index in [0.29, 0.717) is 6.04 Å². The summed E-state index contributed by atoms with van der Waals surface area (Å²) in [6, 6.07) is 8.80. The summed E-state index contributed by atoms with van der Waals surface area (Å²) in [5.74, 6) is 0. The maximum atomic E-state index is 9.31. The lowest BCUT2D eigenvalue weighted by molar-refractivity contribution is 0.458. The molecule has 0 bridgehead atoms. The third kappa shape index (κ3) is 2.92. The average Bonchev–Trinajstić information content (AvgIpc) is 2.90. The first-order valence-electron chi connectivity index (χ1n) is 7.17. The number of rotatable bonds is 4. The molecule has 2 heterocycles. The van der Waals surface area contributed by atoms with Crippen LogP contribution in [0.5, 0.6) is 0 Å². The van der Waals surface area contributed by atoms with Gasteiger partial charge in [0.1, 0.15) is 11.1 Å². The van der Waals surface area contributed by atoms with Crippen molar-refractivity contribution in [3.8, 4) is 6.07 Å². The summed E-state index contributed by atoms with van der Waals surface area (Å²) in [6.07, 6.45) is 4.89. The number of fused-ring (bicyclic) bond motifs is 1. The Morgan fingerprint density at radius 3 is 3.10 bits per heavy atom. The van der Waals surface area contributed by atoms with Gasteiger partial charge in [0.2, 0.25) is 0 Å². The zero-order chi connectivity index (χ0) is 14.7. The molecule has 2 N–H and O–H groups in total. The Hall–Kier alpha value is -1.90. The molecule has 0 spiro atoms. The molecule has 2 aromatic rings. The highest BCUT2D eigenvalue weighted by Crippen LogP contribution is 2.37. The monoisotopic (exact) mass is 298 g/mol. The molecule has 5 heteroatoms. The molecule has 3 rings (SSSR count). The van der Waals surface area contributed by atoms with Gasteiger partial charge in [-0.2, -0.15) is 5.26 Å². The van der Waals surface area contributed by atoms with Gasteiger partial charge in [-0.15, -0.1) is 11.3 Å². The zero-order valence-corrected chi connectivity index (χ0v) is 12.8. The van der Waals surface area contributed by atoms with Gasteiger partial charge in [-0.3, -0.25) is 4.98 Å². The van der Waals surface area contributed by atoms with Crippen molar-refractivity contribution < 1.29 is 0 Å². The first-order valence-corrected chi connectivity index (χ1v) is 7.99. The summed E-state index contributed by atoms with van der Waals surface area (Å²) in [6.45, 7) is 0.802. The van der Waals surface area contributed by atoms with Crippen LogP contribution in [0.15, 0.2) is 24.4 Å². The van der Waals surface area contributed by atoms with Crippen molar-refractivity contribution in [2.45, 2.75) is 31.8 Å². The lowest BCUT2D eigenvalue weighted by Gasteiger charge is -2.23. The first kappa shape index (κ1) is 14.1. The number of nitrogens with one attached hydrogen (secondary N) is 2. The van der Waals surface area contributed by atoms with E-state index in [0.717, 1.165) is 42.1 Å². The summed E-state index contributed by atoms with van der Waals surface area (Å²) >= 11 is 1.72. The Morgan fingerprint density at radius 2 is 2.38 bits per heavy atom. The van der Waals surface area contributed by atoms with Gasteiger partial charge in [-0.1, -0.05) is 6.07 Å². The van der Waals surface area contributed by atoms with Crippen LogP contribution >= 0.6 is 11.3 Å². The van der Waals surface area contributed by atoms with Gasteiger partial charge in [0.25, 0.3) is 0 Å². The second kappa shape index (κ2) is 6.25. The van der Waals surface area contributed by atoms with Gasteiger partial charge in [0.15, 0.2) is 0 Å². The van der Waals surface area contributed by atoms with Crippen molar-refractivity contribution in [1.82, 2.24) is 10.3 Å². The van der Waals surface area contributed by atoms with Crippen molar-refractivity contribution >= 4 is 16.3 Å². The van der Waals surface area contributed by atoms with Gasteiger partial charge in [0, 0.05) is 30.7 Å². The van der Waals surface area contributed by atoms with Crippen LogP contribution in [0.2, 0.25) is 0 Å². The highest BCUT2D eigenvalue weighted by atomic mass is 32.1. The van der Waals surface area contributed by atoms with E-state index >= 15 is 0 Å². The summed E-state index contributed by atoms with van der Waals surface area (Å²) in [5.41, 5.74) is 3.17. The van der Waals surface area contributed by atoms with E-state index in [1.165, 1.54) is 10.4 Å². The van der Waals surface area contributed by atoms with Crippen LogP contribution in [-0.2, 0) is 19.4 Å². The summed E-state index contributed by atoms with van der Waals surface area (Å²) < 4.78 is 0. The van der Waals surface area contributed by atoms with Crippen molar-refractivity contribution in [3.63, 3.8) is 0 Å². The molecule has 2 aromatic heterocycles. The number of thiophene rings is 1. The first-order chi connectivity index (χ1) is 10.3. The number of anilines is 1. The highest BCUT2D eigenvalue weighted by Gasteiger charge is 2.25. The Balaban J connectivity index is 1.68. The fourth-order valence-electron chi connectivity index (χ4n) is 2.81. The Bertz CT molecular complexity index is 657. The van der Waals surface area contributed by atoms with Crippen LogP contribution in [-0.4, -0.2) is 18.1 Å². The number of nitriles is 1. The van der Waals surface area contributed by atoms with E-state index in [9.17, 15) is 5.26 Å². The second-order valence-electron chi connectivity index (χ2n) is 5.21. The molecule has 21 heavy (non-hydrogen) atoms. The minimum absolute atomic E-state index is 0.467. The number of pyridine rings is 1. The van der Waals surface area contributed by atoms with E-state index in [1.54, 1.807) is 11.3 Å². The second-order valence-corrected chi connectivity index (χ2v) is 6.32. The standard InChI is InChI=1S/C16H18N4S/c1-18-16-14(9-17)13-6-5-11(8-15(13)21-16)20-10-12-4-2-3-7-19-12/h2-4,7,11,18,20H,5-6,8,10H2,1H3. The molecule has 1 aliphatic carbocycles. The average molecular weight is 298 g/mol. The number of aromatic nitrogens is 1. The molecule has 0 saturated heterocycles. The minimum atomic E-state index is 0.467. The molecule has 0 fully saturated rings. The van der Waals surface area contributed by atoms with Crippen LogP contribution in [0, 0.1) is 11.3 Å². The smallest absolute Gasteiger partial charge is 0.107 e. The largest absolute Gasteiger partial charge is 0.379 e. The van der Waals surface area contributed by atoms with Crippen molar-refractivity contribution in [2.75, 3.05) is 12.4 Å². The molecule has 0 aromatic carbocycles. The van der Waals surface area contributed by atoms with E-state index in [1.807, 2.05) is 31.4 Å². The molecule has 4 nitrogen and oxygen atoms in total. The SMILES string of the molecule is CNc1sc2c(c1C#N)CCC(NCc1ccccn1)C2. The zero-order valence-electron chi connectivity index (χ0n) is 12.0. The molecule has 0 aliphatic heterocycles. The van der Waals surface area contributed by atoms with E-state index in [-0.39, 0.29) is 0 Å². The molecular formula is C16H18N4S. The van der Waals surface area contributed by atoms with Crippen molar-refractivity contribution in [3.05, 3.63) is 46.1 Å². The van der Waals surface area contributed by atoms with Crippen LogP contribution in [0.25, 0.3) is 0 Å². The van der Waals surface area contributed by atoms with E-state index < -0.39 is 0 Å². The van der Waals surface area contributed by atoms with Crippen LogP contribution in [0.3, 0.4) is 0 Å². The summed E-state index contributed by atoms with van der Waals surface area (Å²) in [5, 5.41) is 17.0. The molecule has 0 saturated carbocycles. The summed E-state index contributed by atoms with van der Waals surface area (Å²) in [7, 11) is 1.88. The predicted molar refractivity (Wildman–Crippen MR) is 85.5 cm³/mol.